The summed E-state index contributed by atoms with van der Waals surface area (Å²) in [5, 5.41) is 0. The summed E-state index contributed by atoms with van der Waals surface area (Å²) in [5.41, 5.74) is 12.8. The second-order valence-electron chi connectivity index (χ2n) is 12.3. The van der Waals surface area contributed by atoms with Crippen molar-refractivity contribution in [2.75, 3.05) is 0 Å². The number of halogens is 2. The van der Waals surface area contributed by atoms with Crippen molar-refractivity contribution < 1.29 is 24.2 Å². The van der Waals surface area contributed by atoms with Gasteiger partial charge in [-0.15, -0.1) is 37.3 Å². The van der Waals surface area contributed by atoms with Gasteiger partial charge in [0.05, 0.1) is 0 Å². The average Bonchev–Trinajstić information content (AvgIpc) is 3.37. The summed E-state index contributed by atoms with van der Waals surface area (Å²) >= 11 is 1.30. The molecule has 3 heteroatoms. The molecule has 0 bridgehead atoms. The maximum atomic E-state index is 3.53. The van der Waals surface area contributed by atoms with Crippen molar-refractivity contribution in [3.8, 4) is 11.1 Å². The molecule has 2 aliphatic carbocycles. The van der Waals surface area contributed by atoms with Crippen LogP contribution in [0.5, 0.6) is 0 Å². The van der Waals surface area contributed by atoms with Gasteiger partial charge >= 0.3 is 28.4 Å². The third kappa shape index (κ3) is 12.3. The first-order chi connectivity index (χ1) is 17.8. The van der Waals surface area contributed by atoms with E-state index in [-0.39, 0.29) is 43.1 Å². The second kappa shape index (κ2) is 18.2. The molecule has 0 amide bonds. The van der Waals surface area contributed by atoms with Gasteiger partial charge in [0.2, 0.25) is 0 Å². The molecule has 2 aliphatic rings. The number of rotatable bonds is 0. The molecule has 0 fully saturated rings. The predicted octanol–water partition coefficient (Wildman–Crippen LogP) is 11.0. The van der Waals surface area contributed by atoms with Crippen molar-refractivity contribution in [1.29, 1.82) is 0 Å². The van der Waals surface area contributed by atoms with Gasteiger partial charge in [0.15, 0.2) is 0 Å². The zero-order valence-electron chi connectivity index (χ0n) is 27.1. The molecule has 0 nitrogen and oxygen atoms in total. The van der Waals surface area contributed by atoms with Gasteiger partial charge in [-0.3, -0.25) is 6.08 Å². The Hall–Kier alpha value is -1.53. The maximum absolute atomic E-state index is 3.53. The Morgan fingerprint density at radius 1 is 0.805 bits per heavy atom. The van der Waals surface area contributed by atoms with Gasteiger partial charge in [-0.05, 0) is 17.4 Å². The minimum absolute atomic E-state index is 0. The first kappa shape index (κ1) is 41.6. The molecular weight excluding hydrogens is 619 g/mol. The molecule has 5 rings (SSSR count). The van der Waals surface area contributed by atoms with Crippen LogP contribution < -0.4 is 0 Å². The van der Waals surface area contributed by atoms with Gasteiger partial charge in [0.25, 0.3) is 0 Å². The zero-order chi connectivity index (χ0) is 28.7. The van der Waals surface area contributed by atoms with E-state index in [0.717, 1.165) is 6.42 Å². The van der Waals surface area contributed by atoms with E-state index < -0.39 is 0 Å². The molecule has 0 radical (unpaired) electrons. The van der Waals surface area contributed by atoms with Crippen LogP contribution in [0.2, 0.25) is 0 Å². The molecule has 224 valence electrons. The number of allylic oxidation sites excluding steroid dienone is 4. The van der Waals surface area contributed by atoms with Crippen LogP contribution in [0.1, 0.15) is 90.1 Å². The summed E-state index contributed by atoms with van der Waals surface area (Å²) < 4.78 is 3.34. The monoisotopic (exact) mass is 666 g/mol. The molecule has 0 saturated carbocycles. The van der Waals surface area contributed by atoms with Crippen LogP contribution in [0.25, 0.3) is 11.1 Å². The van der Waals surface area contributed by atoms with Gasteiger partial charge in [0, 0.05) is 0 Å². The maximum Gasteiger partial charge on any atom is -0.358 e. The molecule has 0 aliphatic heterocycles. The van der Waals surface area contributed by atoms with Crippen LogP contribution in [0.4, 0.5) is 0 Å². The quantitative estimate of drug-likeness (QED) is 0.164. The van der Waals surface area contributed by atoms with Crippen LogP contribution in [-0.2, 0) is 41.5 Å². The van der Waals surface area contributed by atoms with Crippen LogP contribution in [-0.4, -0.2) is 4.21 Å². The first-order valence-corrected chi connectivity index (χ1v) is 15.3. The summed E-state index contributed by atoms with van der Waals surface area (Å²) in [4.78, 5) is 0. The topological polar surface area (TPSA) is 0 Å². The minimum Gasteiger partial charge on any atom is -0.358 e. The SMILES string of the molecule is CC(C)(C)c1c[c-]c2c(c1)-c1cc(C(C)(C)C)ccc1C2.CC1=[C-]C(C)C=C1C.Cc1cc[c-]cc1.Cl.Cl.[CH2]=[Zr].[CH3-]. The van der Waals surface area contributed by atoms with E-state index in [1.807, 2.05) is 24.3 Å². The van der Waals surface area contributed by atoms with E-state index in [9.17, 15) is 0 Å². The van der Waals surface area contributed by atoms with Crippen molar-refractivity contribution in [2.45, 2.75) is 86.5 Å². The Kier molecular flexibility index (Phi) is 18.5. The zero-order valence-corrected chi connectivity index (χ0v) is 31.2. The third-order valence-corrected chi connectivity index (χ3v) is 6.95. The fourth-order valence-electron chi connectivity index (χ4n) is 4.45. The number of fused-ring (bicyclic) bond motifs is 3. The summed E-state index contributed by atoms with van der Waals surface area (Å²) in [7, 11) is 0. The Morgan fingerprint density at radius 3 is 1.73 bits per heavy atom. The molecule has 0 aromatic heterocycles. The van der Waals surface area contributed by atoms with Crippen LogP contribution in [0.3, 0.4) is 0 Å². The summed E-state index contributed by atoms with van der Waals surface area (Å²) in [6, 6.07) is 25.9. The molecule has 0 saturated heterocycles. The molecule has 1 atom stereocenters. The first-order valence-electron chi connectivity index (χ1n) is 13.5. The van der Waals surface area contributed by atoms with E-state index >= 15 is 0 Å². The smallest absolute Gasteiger partial charge is 0.358 e. The second-order valence-corrected chi connectivity index (χ2v) is 12.3. The standard InChI is InChI=1S/C21H25.C8H11.C7H7.CH3.CH2.2ClH.Zr/c1-20(2,3)16-9-7-14-11-15-8-10-17(21(4,5)6)13-19(15)18(14)12-16;1-6-4-7(2)8(3)5-6;1-7-5-3-2-4-6-7;;;;;/h7,9-10,12-13H,11H2,1-6H3;4,6H,1-3H3;3-6H,1H3;1H3;1H2;2*1H;/q4*-1;;;;. The van der Waals surface area contributed by atoms with Crippen molar-refractivity contribution in [2.24, 2.45) is 5.92 Å². The van der Waals surface area contributed by atoms with E-state index in [1.165, 1.54) is 74.3 Å². The molecule has 41 heavy (non-hydrogen) atoms. The number of benzene rings is 3. The molecule has 3 aromatic rings. The Bertz CT molecular complexity index is 1190. The largest absolute Gasteiger partial charge is 0.358 e. The summed E-state index contributed by atoms with van der Waals surface area (Å²) in [6.45, 7) is 22.1. The van der Waals surface area contributed by atoms with Crippen molar-refractivity contribution >= 4 is 29.0 Å². The van der Waals surface area contributed by atoms with E-state index in [2.05, 4.69) is 128 Å². The van der Waals surface area contributed by atoms with Crippen molar-refractivity contribution in [3.63, 3.8) is 0 Å². The Labute approximate surface area is 280 Å². The molecule has 1 unspecified atom stereocenters. The van der Waals surface area contributed by atoms with E-state index in [0.29, 0.717) is 5.92 Å². The fraction of sp³-hybridized carbons (Fsp3) is 0.368. The third-order valence-electron chi connectivity index (χ3n) is 6.95. The van der Waals surface area contributed by atoms with Gasteiger partial charge in [-0.1, -0.05) is 103 Å². The number of hydrogen-bond donors (Lipinski definition) is 0. The average molecular weight is 669 g/mol. The van der Waals surface area contributed by atoms with Crippen molar-refractivity contribution in [1.82, 2.24) is 0 Å². The van der Waals surface area contributed by atoms with Gasteiger partial charge in [-0.2, -0.15) is 71.3 Å². The minimum atomic E-state index is 0. The molecule has 0 spiro atoms. The number of aryl methyl sites for hydroxylation is 1. The van der Waals surface area contributed by atoms with E-state index in [1.54, 1.807) is 0 Å². The van der Waals surface area contributed by atoms with Crippen LogP contribution in [0, 0.1) is 38.5 Å². The van der Waals surface area contributed by atoms with Gasteiger partial charge < -0.3 is 7.43 Å². The molecule has 0 N–H and O–H groups in total. The number of hydrogen-bond acceptors (Lipinski definition) is 0. The summed E-state index contributed by atoms with van der Waals surface area (Å²) in [5.74, 6) is 0.551. The van der Waals surface area contributed by atoms with Crippen LogP contribution in [0.15, 0.2) is 71.8 Å². The van der Waals surface area contributed by atoms with Gasteiger partial charge in [-0.25, -0.2) is 11.1 Å². The normalized spacial score (nSPS) is 14.1. The molecule has 3 aromatic carbocycles. The van der Waals surface area contributed by atoms with Gasteiger partial charge in [0.1, 0.15) is 0 Å². The van der Waals surface area contributed by atoms with Crippen LogP contribution >= 0.6 is 24.8 Å². The Balaban J connectivity index is 0. The van der Waals surface area contributed by atoms with Crippen molar-refractivity contribution in [3.05, 3.63) is 125 Å². The molecule has 0 heterocycles. The Morgan fingerprint density at radius 2 is 1.34 bits per heavy atom. The molecular formula is C38H50Cl2Zr-4. The predicted molar refractivity (Wildman–Crippen MR) is 184 cm³/mol. The summed E-state index contributed by atoms with van der Waals surface area (Å²) in [6.07, 6.45) is 6.55. The fourth-order valence-corrected chi connectivity index (χ4v) is 4.45. The van der Waals surface area contributed by atoms with E-state index in [4.69, 9.17) is 0 Å².